The molecule has 192 valence electrons. The first-order chi connectivity index (χ1) is 16.3. The van der Waals surface area contributed by atoms with E-state index < -0.39 is 34.2 Å². The van der Waals surface area contributed by atoms with Gasteiger partial charge in [0.15, 0.2) is 0 Å². The Labute approximate surface area is 214 Å². The number of amides is 2. The van der Waals surface area contributed by atoms with Crippen LogP contribution >= 0.6 is 11.6 Å². The number of benzene rings is 2. The SMILES string of the molecule is CC[C@@H](C(=O)NC(C)(C)C)N(Cc1ccccc1Cl)C(=O)CN(c1ccccc1)S(=O)(=O)N(C)C. The predicted molar refractivity (Wildman–Crippen MR) is 140 cm³/mol. The van der Waals surface area contributed by atoms with Gasteiger partial charge in [0.1, 0.15) is 12.6 Å². The Kier molecular flexibility index (Phi) is 9.71. The summed E-state index contributed by atoms with van der Waals surface area (Å²) in [6.45, 7) is 6.97. The van der Waals surface area contributed by atoms with Crippen LogP contribution in [0.5, 0.6) is 0 Å². The second-order valence-corrected chi connectivity index (χ2v) is 11.9. The van der Waals surface area contributed by atoms with Crippen molar-refractivity contribution in [2.45, 2.75) is 52.2 Å². The van der Waals surface area contributed by atoms with E-state index in [1.165, 1.54) is 19.0 Å². The summed E-state index contributed by atoms with van der Waals surface area (Å²) >= 11 is 6.37. The van der Waals surface area contributed by atoms with E-state index in [9.17, 15) is 18.0 Å². The van der Waals surface area contributed by atoms with Gasteiger partial charge in [-0.25, -0.2) is 4.31 Å². The van der Waals surface area contributed by atoms with Gasteiger partial charge in [0, 0.05) is 31.2 Å². The van der Waals surface area contributed by atoms with E-state index >= 15 is 0 Å². The number of rotatable bonds is 10. The number of carbonyl (C=O) groups excluding carboxylic acids is 2. The average molecular weight is 523 g/mol. The summed E-state index contributed by atoms with van der Waals surface area (Å²) in [5.74, 6) is -0.836. The minimum absolute atomic E-state index is 0.0548. The van der Waals surface area contributed by atoms with Crippen LogP contribution in [0.1, 0.15) is 39.7 Å². The second kappa shape index (κ2) is 11.9. The van der Waals surface area contributed by atoms with Crippen molar-refractivity contribution in [3.63, 3.8) is 0 Å². The summed E-state index contributed by atoms with van der Waals surface area (Å²) in [7, 11) is -1.18. The van der Waals surface area contributed by atoms with Crippen molar-refractivity contribution in [2.75, 3.05) is 24.9 Å². The molecule has 10 heteroatoms. The van der Waals surface area contributed by atoms with Gasteiger partial charge in [0.2, 0.25) is 11.8 Å². The molecule has 0 saturated heterocycles. The van der Waals surface area contributed by atoms with E-state index in [0.717, 1.165) is 8.61 Å². The van der Waals surface area contributed by atoms with Gasteiger partial charge in [0.25, 0.3) is 0 Å². The second-order valence-electron chi connectivity index (χ2n) is 9.41. The number of anilines is 1. The number of hydrogen-bond acceptors (Lipinski definition) is 4. The molecule has 0 spiro atoms. The Bertz CT molecular complexity index is 1120. The molecule has 2 aromatic rings. The fourth-order valence-electron chi connectivity index (χ4n) is 3.49. The number of nitrogens with zero attached hydrogens (tertiary/aromatic N) is 3. The lowest BCUT2D eigenvalue weighted by Crippen LogP contribution is -2.55. The third-order valence-electron chi connectivity index (χ3n) is 5.25. The summed E-state index contributed by atoms with van der Waals surface area (Å²) in [6.07, 6.45) is 0.337. The van der Waals surface area contributed by atoms with Crippen molar-refractivity contribution in [1.82, 2.24) is 14.5 Å². The molecule has 1 atom stereocenters. The van der Waals surface area contributed by atoms with E-state index in [4.69, 9.17) is 11.6 Å². The van der Waals surface area contributed by atoms with Gasteiger partial charge in [-0.05, 0) is 51.0 Å². The van der Waals surface area contributed by atoms with Gasteiger partial charge in [-0.3, -0.25) is 9.59 Å². The Balaban J connectivity index is 2.51. The third-order valence-corrected chi connectivity index (χ3v) is 7.43. The molecule has 2 rings (SSSR count). The van der Waals surface area contributed by atoms with Gasteiger partial charge in [-0.1, -0.05) is 54.9 Å². The molecule has 0 saturated carbocycles. The van der Waals surface area contributed by atoms with Crippen LogP contribution in [-0.4, -0.2) is 61.7 Å². The minimum atomic E-state index is -3.99. The molecule has 0 bridgehead atoms. The van der Waals surface area contributed by atoms with E-state index in [2.05, 4.69) is 5.32 Å². The lowest BCUT2D eigenvalue weighted by Gasteiger charge is -2.35. The molecule has 0 unspecified atom stereocenters. The van der Waals surface area contributed by atoms with Crippen molar-refractivity contribution in [2.24, 2.45) is 0 Å². The highest BCUT2D eigenvalue weighted by atomic mass is 35.5. The topological polar surface area (TPSA) is 90.0 Å². The van der Waals surface area contributed by atoms with Crippen LogP contribution in [0.2, 0.25) is 5.02 Å². The zero-order valence-corrected chi connectivity index (χ0v) is 22.7. The molecule has 2 aromatic carbocycles. The number of hydrogen-bond donors (Lipinski definition) is 1. The van der Waals surface area contributed by atoms with Crippen LogP contribution < -0.4 is 9.62 Å². The maximum Gasteiger partial charge on any atom is 0.304 e. The van der Waals surface area contributed by atoms with Crippen LogP contribution in [0, 0.1) is 0 Å². The summed E-state index contributed by atoms with van der Waals surface area (Å²) in [6, 6.07) is 14.7. The van der Waals surface area contributed by atoms with Crippen molar-refractivity contribution in [1.29, 1.82) is 0 Å². The highest BCUT2D eigenvalue weighted by Gasteiger charge is 2.34. The Morgan fingerprint density at radius 2 is 1.57 bits per heavy atom. The van der Waals surface area contributed by atoms with Gasteiger partial charge in [-0.15, -0.1) is 0 Å². The molecular formula is C25H35ClN4O4S. The molecule has 1 N–H and O–H groups in total. The summed E-state index contributed by atoms with van der Waals surface area (Å²) in [5, 5.41) is 3.39. The summed E-state index contributed by atoms with van der Waals surface area (Å²) in [5.41, 5.74) is 0.499. The molecule has 0 aliphatic rings. The van der Waals surface area contributed by atoms with Crippen LogP contribution in [0.15, 0.2) is 54.6 Å². The Hall–Kier alpha value is -2.62. The fraction of sp³-hybridized carbons (Fsp3) is 0.440. The first kappa shape index (κ1) is 28.6. The number of para-hydroxylation sites is 1. The first-order valence-corrected chi connectivity index (χ1v) is 13.2. The van der Waals surface area contributed by atoms with E-state index in [1.54, 1.807) is 54.6 Å². The molecule has 0 radical (unpaired) electrons. The van der Waals surface area contributed by atoms with Crippen molar-refractivity contribution in [3.8, 4) is 0 Å². The predicted octanol–water partition coefficient (Wildman–Crippen LogP) is 3.67. The lowest BCUT2D eigenvalue weighted by molar-refractivity contribution is -0.141. The van der Waals surface area contributed by atoms with E-state index in [-0.39, 0.29) is 12.5 Å². The van der Waals surface area contributed by atoms with Crippen LogP contribution in [-0.2, 0) is 26.3 Å². The van der Waals surface area contributed by atoms with Gasteiger partial charge in [0.05, 0.1) is 5.69 Å². The maximum atomic E-state index is 13.8. The van der Waals surface area contributed by atoms with Crippen LogP contribution in [0.25, 0.3) is 0 Å². The number of halogens is 1. The van der Waals surface area contributed by atoms with Crippen molar-refractivity contribution >= 4 is 39.3 Å². The Morgan fingerprint density at radius 1 is 1.00 bits per heavy atom. The summed E-state index contributed by atoms with van der Waals surface area (Å²) < 4.78 is 28.4. The number of carbonyl (C=O) groups is 2. The fourth-order valence-corrected chi connectivity index (χ4v) is 4.75. The molecule has 0 aliphatic carbocycles. The highest BCUT2D eigenvalue weighted by Crippen LogP contribution is 2.23. The molecule has 2 amide bonds. The molecule has 0 fully saturated rings. The average Bonchev–Trinajstić information content (AvgIpc) is 2.77. The van der Waals surface area contributed by atoms with Crippen molar-refractivity contribution in [3.05, 3.63) is 65.2 Å². The highest BCUT2D eigenvalue weighted by molar-refractivity contribution is 7.90. The van der Waals surface area contributed by atoms with Gasteiger partial charge < -0.3 is 10.2 Å². The monoisotopic (exact) mass is 522 g/mol. The number of nitrogens with one attached hydrogen (secondary N) is 1. The van der Waals surface area contributed by atoms with Crippen molar-refractivity contribution < 1.29 is 18.0 Å². The maximum absolute atomic E-state index is 13.8. The standard InChI is InChI=1S/C25H35ClN4O4S/c1-7-22(24(32)27-25(2,3)4)29(17-19-13-11-12-16-21(19)26)23(31)18-30(35(33,34)28(5)6)20-14-9-8-10-15-20/h8-16,22H,7,17-18H2,1-6H3,(H,27,32)/t22-/m0/s1. The molecule has 0 aromatic heterocycles. The minimum Gasteiger partial charge on any atom is -0.350 e. The smallest absolute Gasteiger partial charge is 0.304 e. The zero-order valence-electron chi connectivity index (χ0n) is 21.2. The molecular weight excluding hydrogens is 488 g/mol. The zero-order chi connectivity index (χ0) is 26.4. The van der Waals surface area contributed by atoms with Crippen LogP contribution in [0.4, 0.5) is 5.69 Å². The van der Waals surface area contributed by atoms with Gasteiger partial charge >= 0.3 is 10.2 Å². The largest absolute Gasteiger partial charge is 0.350 e. The first-order valence-electron chi connectivity index (χ1n) is 11.4. The van der Waals surface area contributed by atoms with Crippen LogP contribution in [0.3, 0.4) is 0 Å². The Morgan fingerprint density at radius 3 is 2.09 bits per heavy atom. The van der Waals surface area contributed by atoms with E-state index in [1.807, 2.05) is 27.7 Å². The summed E-state index contributed by atoms with van der Waals surface area (Å²) in [4.78, 5) is 28.4. The lowest BCUT2D eigenvalue weighted by atomic mass is 10.1. The molecule has 0 aliphatic heterocycles. The quantitative estimate of drug-likeness (QED) is 0.515. The van der Waals surface area contributed by atoms with Gasteiger partial charge in [-0.2, -0.15) is 12.7 Å². The molecule has 8 nitrogen and oxygen atoms in total. The molecule has 35 heavy (non-hydrogen) atoms. The van der Waals surface area contributed by atoms with E-state index in [0.29, 0.717) is 22.7 Å². The third kappa shape index (κ3) is 7.68. The molecule has 0 heterocycles. The normalized spacial score (nSPS) is 12.8.